The summed E-state index contributed by atoms with van der Waals surface area (Å²) in [5, 5.41) is 0.856. The van der Waals surface area contributed by atoms with Crippen molar-refractivity contribution in [1.29, 1.82) is 0 Å². The number of carbonyl (C=O) groups excluding carboxylic acids is 1. The van der Waals surface area contributed by atoms with Gasteiger partial charge < -0.3 is 28.8 Å². The second-order valence-electron chi connectivity index (χ2n) is 11.6. The minimum atomic E-state index is -0.0965. The number of methoxy groups -OCH3 is 1. The van der Waals surface area contributed by atoms with Crippen LogP contribution in [0, 0.1) is 0 Å². The second kappa shape index (κ2) is 12.1. The molecule has 0 radical (unpaired) electrons. The van der Waals surface area contributed by atoms with Gasteiger partial charge in [0.15, 0.2) is 0 Å². The highest BCUT2D eigenvalue weighted by Gasteiger charge is 2.29. The van der Waals surface area contributed by atoms with E-state index >= 15 is 0 Å². The smallest absolute Gasteiger partial charge is 0.274 e. The number of piperazine rings is 1. The van der Waals surface area contributed by atoms with Crippen LogP contribution in [0.3, 0.4) is 0 Å². The summed E-state index contributed by atoms with van der Waals surface area (Å²) in [5.41, 5.74) is 3.61. The van der Waals surface area contributed by atoms with Gasteiger partial charge in [-0.05, 0) is 49.4 Å². The number of nitrogens with one attached hydrogen (secondary N) is 1. The predicted molar refractivity (Wildman–Crippen MR) is 168 cm³/mol. The number of likely N-dealkylation sites (N-methyl/N-ethyl adjacent to an activating group) is 1. The van der Waals surface area contributed by atoms with Crippen LogP contribution in [0.4, 0.5) is 5.82 Å². The molecule has 1 N–H and O–H groups in total. The van der Waals surface area contributed by atoms with Crippen LogP contribution in [-0.2, 0) is 11.8 Å². The average Bonchev–Trinajstić information content (AvgIpc) is 3.53. The van der Waals surface area contributed by atoms with Gasteiger partial charge in [-0.15, -0.1) is 0 Å². The first-order valence-electron chi connectivity index (χ1n) is 15.0. The number of hydrogen-bond acceptors (Lipinski definition) is 7. The third kappa shape index (κ3) is 5.71. The molecule has 0 bridgehead atoms. The average molecular weight is 585 g/mol. The normalized spacial score (nSPS) is 18.4. The quantitative estimate of drug-likeness (QED) is 0.336. The maximum absolute atomic E-state index is 12.5. The molecule has 0 saturated carbocycles. The van der Waals surface area contributed by atoms with Crippen molar-refractivity contribution in [1.82, 2.24) is 24.3 Å². The van der Waals surface area contributed by atoms with E-state index in [0.717, 1.165) is 79.4 Å². The predicted octanol–water partition coefficient (Wildman–Crippen LogP) is 3.86. The first-order valence-corrected chi connectivity index (χ1v) is 15.0. The lowest BCUT2D eigenvalue weighted by Gasteiger charge is -2.37. The van der Waals surface area contributed by atoms with Gasteiger partial charge in [0.05, 0.1) is 13.2 Å². The van der Waals surface area contributed by atoms with Gasteiger partial charge in [0, 0.05) is 88.0 Å². The third-order valence-electron chi connectivity index (χ3n) is 9.08. The number of benzene rings is 1. The molecular formula is C33H40N6O4. The summed E-state index contributed by atoms with van der Waals surface area (Å²) in [4.78, 5) is 38.9. The number of anilines is 1. The van der Waals surface area contributed by atoms with E-state index in [-0.39, 0.29) is 17.5 Å². The Hall–Kier alpha value is -4.31. The van der Waals surface area contributed by atoms with E-state index in [0.29, 0.717) is 18.0 Å². The van der Waals surface area contributed by atoms with Crippen molar-refractivity contribution < 1.29 is 14.3 Å². The van der Waals surface area contributed by atoms with Gasteiger partial charge in [-0.25, -0.2) is 4.98 Å². The second-order valence-corrected chi connectivity index (χ2v) is 11.6. The van der Waals surface area contributed by atoms with Crippen molar-refractivity contribution >= 4 is 22.6 Å². The number of nitrogens with zero attached hydrogens (tertiary/aromatic N) is 5. The van der Waals surface area contributed by atoms with E-state index in [1.54, 1.807) is 29.8 Å². The SMILES string of the molecule is COc1cc(N2CCC(c3ccc(OCCN4CCN(C)C(=O)[C@H]4C)cc3)CC2)ncc1-c1cn(C)c(=O)c2[nH]ccc12. The molecule has 2 aliphatic heterocycles. The highest BCUT2D eigenvalue weighted by atomic mass is 16.5. The first kappa shape index (κ1) is 28.8. The summed E-state index contributed by atoms with van der Waals surface area (Å²) in [6.07, 6.45) is 7.55. The van der Waals surface area contributed by atoms with Crippen molar-refractivity contribution in [3.05, 3.63) is 70.9 Å². The van der Waals surface area contributed by atoms with Gasteiger partial charge in [-0.1, -0.05) is 12.1 Å². The van der Waals surface area contributed by atoms with Crippen molar-refractivity contribution in [2.24, 2.45) is 7.05 Å². The van der Waals surface area contributed by atoms with Crippen molar-refractivity contribution in [2.75, 3.05) is 58.4 Å². The molecule has 4 aromatic rings. The molecule has 1 amide bonds. The van der Waals surface area contributed by atoms with Crippen LogP contribution < -0.4 is 19.9 Å². The van der Waals surface area contributed by atoms with Crippen molar-refractivity contribution in [3.8, 4) is 22.6 Å². The molecular weight excluding hydrogens is 544 g/mol. The van der Waals surface area contributed by atoms with Gasteiger partial charge >= 0.3 is 0 Å². The van der Waals surface area contributed by atoms with E-state index < -0.39 is 0 Å². The monoisotopic (exact) mass is 584 g/mol. The highest BCUT2D eigenvalue weighted by Crippen LogP contribution is 2.37. The van der Waals surface area contributed by atoms with Crippen molar-refractivity contribution in [2.45, 2.75) is 31.7 Å². The van der Waals surface area contributed by atoms with Crippen LogP contribution in [0.15, 0.2) is 59.8 Å². The Morgan fingerprint density at radius 1 is 1.00 bits per heavy atom. The lowest BCUT2D eigenvalue weighted by Crippen LogP contribution is -2.55. The van der Waals surface area contributed by atoms with Crippen molar-refractivity contribution in [3.63, 3.8) is 0 Å². The number of fused-ring (bicyclic) bond motifs is 1. The third-order valence-corrected chi connectivity index (χ3v) is 9.08. The topological polar surface area (TPSA) is 95.9 Å². The molecule has 6 rings (SSSR count). The number of H-pyrrole nitrogens is 1. The van der Waals surface area contributed by atoms with E-state index in [2.05, 4.69) is 39.0 Å². The van der Waals surface area contributed by atoms with E-state index in [9.17, 15) is 9.59 Å². The molecule has 5 heterocycles. The number of aryl methyl sites for hydroxylation is 1. The number of hydrogen-bond donors (Lipinski definition) is 1. The Kier molecular flexibility index (Phi) is 8.12. The van der Waals surface area contributed by atoms with Crippen LogP contribution in [-0.4, -0.2) is 89.8 Å². The first-order chi connectivity index (χ1) is 20.8. The number of aromatic nitrogens is 3. The molecule has 3 aromatic heterocycles. The van der Waals surface area contributed by atoms with Gasteiger partial charge in [-0.2, -0.15) is 0 Å². The van der Waals surface area contributed by atoms with Gasteiger partial charge in [-0.3, -0.25) is 14.5 Å². The number of aromatic amines is 1. The molecule has 1 atom stereocenters. The van der Waals surface area contributed by atoms with E-state index in [1.807, 2.05) is 38.5 Å². The summed E-state index contributed by atoms with van der Waals surface area (Å²) in [6, 6.07) is 12.3. The van der Waals surface area contributed by atoms with Gasteiger partial charge in [0.25, 0.3) is 5.56 Å². The molecule has 10 nitrogen and oxygen atoms in total. The Balaban J connectivity index is 1.06. The lowest BCUT2D eigenvalue weighted by molar-refractivity contribution is -0.139. The fourth-order valence-electron chi connectivity index (χ4n) is 6.38. The van der Waals surface area contributed by atoms with E-state index in [1.165, 1.54) is 5.56 Å². The molecule has 10 heteroatoms. The molecule has 226 valence electrons. The lowest BCUT2D eigenvalue weighted by atomic mass is 9.89. The number of piperidine rings is 1. The molecule has 0 spiro atoms. The number of pyridine rings is 2. The summed E-state index contributed by atoms with van der Waals surface area (Å²) in [7, 11) is 5.29. The number of carbonyl (C=O) groups is 1. The Bertz CT molecular complexity index is 1650. The summed E-state index contributed by atoms with van der Waals surface area (Å²) in [6.45, 7) is 6.72. The standard InChI is InChI=1S/C33H40N6O4/c1-22-32(40)36(2)15-16-38(22)17-18-43-25-7-5-23(6-8-25)24-10-13-39(14-11-24)30-19-29(42-4)27(20-35-30)28-21-37(3)33(41)31-26(28)9-12-34-31/h5-9,12,19-22,24,34H,10-11,13-18H2,1-4H3/t22-/m1/s1. The zero-order valence-corrected chi connectivity index (χ0v) is 25.4. The molecule has 2 fully saturated rings. The Morgan fingerprint density at radius 3 is 2.51 bits per heavy atom. The summed E-state index contributed by atoms with van der Waals surface area (Å²) >= 11 is 0. The molecule has 0 unspecified atom stereocenters. The Labute approximate surface area is 251 Å². The van der Waals surface area contributed by atoms with E-state index in [4.69, 9.17) is 14.5 Å². The van der Waals surface area contributed by atoms with Crippen LogP contribution in [0.2, 0.25) is 0 Å². The molecule has 0 aliphatic carbocycles. The maximum Gasteiger partial charge on any atom is 0.274 e. The summed E-state index contributed by atoms with van der Waals surface area (Å²) < 4.78 is 13.4. The summed E-state index contributed by atoms with van der Waals surface area (Å²) in [5.74, 6) is 3.15. The fraction of sp³-hybridized carbons (Fsp3) is 0.424. The fourth-order valence-corrected chi connectivity index (χ4v) is 6.38. The zero-order chi connectivity index (χ0) is 30.1. The van der Waals surface area contributed by atoms with Gasteiger partial charge in [0.1, 0.15) is 29.4 Å². The minimum absolute atomic E-state index is 0.0630. The molecule has 2 saturated heterocycles. The molecule has 2 aliphatic rings. The van der Waals surface area contributed by atoms with Crippen LogP contribution in [0.5, 0.6) is 11.5 Å². The number of rotatable bonds is 8. The van der Waals surface area contributed by atoms with Gasteiger partial charge in [0.2, 0.25) is 5.91 Å². The largest absolute Gasteiger partial charge is 0.496 e. The highest BCUT2D eigenvalue weighted by molar-refractivity contribution is 5.95. The maximum atomic E-state index is 12.5. The molecule has 43 heavy (non-hydrogen) atoms. The van der Waals surface area contributed by atoms with Crippen LogP contribution in [0.25, 0.3) is 22.0 Å². The molecule has 1 aromatic carbocycles. The zero-order valence-electron chi connectivity index (χ0n) is 25.4. The van der Waals surface area contributed by atoms with Crippen LogP contribution in [0.1, 0.15) is 31.2 Å². The number of ether oxygens (including phenoxy) is 2. The minimum Gasteiger partial charge on any atom is -0.496 e. The van der Waals surface area contributed by atoms with Crippen LogP contribution >= 0.6 is 0 Å². The number of amides is 1. The Morgan fingerprint density at radius 2 is 1.77 bits per heavy atom.